The third-order valence-corrected chi connectivity index (χ3v) is 5.85. The van der Waals surface area contributed by atoms with E-state index in [1.165, 1.54) is 22.0 Å². The van der Waals surface area contributed by atoms with Crippen molar-refractivity contribution >= 4 is 29.6 Å². The van der Waals surface area contributed by atoms with Crippen LogP contribution in [-0.4, -0.2) is 81.1 Å². The second-order valence-electron chi connectivity index (χ2n) is 7.75. The Labute approximate surface area is 169 Å². The Morgan fingerprint density at radius 2 is 1.52 bits per heavy atom. The number of imide groups is 1. The van der Waals surface area contributed by atoms with Crippen LogP contribution in [0.2, 0.25) is 0 Å². The Morgan fingerprint density at radius 1 is 0.897 bits per heavy atom. The molecule has 9 nitrogen and oxygen atoms in total. The molecule has 4 amide bonds. The van der Waals surface area contributed by atoms with Crippen molar-refractivity contribution < 1.29 is 29.1 Å². The molecule has 0 saturated carbocycles. The normalized spacial score (nSPS) is 24.1. The van der Waals surface area contributed by atoms with E-state index in [1.807, 2.05) is 0 Å². The molecule has 0 aromatic carbocycles. The molecular weight excluding hydrogens is 378 g/mol. The lowest BCUT2D eigenvalue weighted by Crippen LogP contribution is -2.50. The van der Waals surface area contributed by atoms with Crippen molar-refractivity contribution in [3.63, 3.8) is 0 Å². The number of unbranched alkanes of at least 4 members (excludes halogenated alkanes) is 2. The topological polar surface area (TPSA) is 115 Å². The van der Waals surface area contributed by atoms with Gasteiger partial charge in [0.1, 0.15) is 12.1 Å². The van der Waals surface area contributed by atoms with Crippen LogP contribution in [0.1, 0.15) is 51.4 Å². The van der Waals surface area contributed by atoms with Gasteiger partial charge in [-0.2, -0.15) is 0 Å². The number of rotatable bonds is 8. The van der Waals surface area contributed by atoms with E-state index in [1.54, 1.807) is 4.90 Å². The first-order valence-electron chi connectivity index (χ1n) is 10.3. The van der Waals surface area contributed by atoms with E-state index >= 15 is 0 Å². The second-order valence-corrected chi connectivity index (χ2v) is 7.75. The number of hydrogen-bond acceptors (Lipinski definition) is 5. The monoisotopic (exact) mass is 405 g/mol. The van der Waals surface area contributed by atoms with Gasteiger partial charge in [-0.05, 0) is 38.5 Å². The lowest BCUT2D eigenvalue weighted by Gasteiger charge is -2.30. The fourth-order valence-corrected chi connectivity index (χ4v) is 4.32. The van der Waals surface area contributed by atoms with Gasteiger partial charge in [-0.15, -0.1) is 0 Å². The molecule has 3 aliphatic heterocycles. The van der Waals surface area contributed by atoms with Crippen LogP contribution in [0.25, 0.3) is 0 Å². The van der Waals surface area contributed by atoms with Crippen molar-refractivity contribution in [2.24, 2.45) is 0 Å². The molecule has 0 bridgehead atoms. The standard InChI is InChI=1S/C20H27N3O6/c24-16(8-2-1-3-11-23-17(25)9-10-18(23)26)21-12-4-6-14(21)19(27)22-13-5-7-15(22)20(28)29/h9-10,14-15H,1-8,11-13H2,(H,28,29)/t14-,15?/m0/s1. The predicted octanol–water partition coefficient (Wildman–Crippen LogP) is 0.538. The highest BCUT2D eigenvalue weighted by atomic mass is 16.4. The third-order valence-electron chi connectivity index (χ3n) is 5.85. The summed E-state index contributed by atoms with van der Waals surface area (Å²) in [6, 6.07) is -1.35. The number of nitrogens with zero attached hydrogens (tertiary/aromatic N) is 3. The largest absolute Gasteiger partial charge is 0.480 e. The summed E-state index contributed by atoms with van der Waals surface area (Å²) in [6.07, 6.45) is 7.18. The highest BCUT2D eigenvalue weighted by molar-refractivity contribution is 6.12. The van der Waals surface area contributed by atoms with Crippen LogP contribution in [0.5, 0.6) is 0 Å². The summed E-state index contributed by atoms with van der Waals surface area (Å²) in [5, 5.41) is 9.30. The summed E-state index contributed by atoms with van der Waals surface area (Å²) in [5.41, 5.74) is 0. The molecule has 2 saturated heterocycles. The maximum Gasteiger partial charge on any atom is 0.326 e. The molecule has 1 unspecified atom stereocenters. The molecular formula is C20H27N3O6. The Kier molecular flexibility index (Phi) is 6.66. The minimum Gasteiger partial charge on any atom is -0.480 e. The van der Waals surface area contributed by atoms with Crippen molar-refractivity contribution in [3.8, 4) is 0 Å². The first kappa shape index (κ1) is 21.0. The van der Waals surface area contributed by atoms with Crippen LogP contribution >= 0.6 is 0 Å². The number of amides is 4. The molecule has 29 heavy (non-hydrogen) atoms. The maximum absolute atomic E-state index is 12.9. The van der Waals surface area contributed by atoms with Gasteiger partial charge >= 0.3 is 5.97 Å². The average Bonchev–Trinajstić information content (AvgIpc) is 3.42. The molecule has 2 atom stereocenters. The van der Waals surface area contributed by atoms with Crippen molar-refractivity contribution in [1.82, 2.24) is 14.7 Å². The number of carboxylic acid groups (broad SMARTS) is 1. The van der Waals surface area contributed by atoms with Gasteiger partial charge in [0.15, 0.2) is 0 Å². The minimum absolute atomic E-state index is 0.0955. The second kappa shape index (κ2) is 9.19. The molecule has 3 aliphatic rings. The van der Waals surface area contributed by atoms with Crippen LogP contribution in [0.15, 0.2) is 12.2 Å². The quantitative estimate of drug-likeness (QED) is 0.465. The summed E-state index contributed by atoms with van der Waals surface area (Å²) < 4.78 is 0. The smallest absolute Gasteiger partial charge is 0.326 e. The molecule has 2 fully saturated rings. The van der Waals surface area contributed by atoms with Gasteiger partial charge in [-0.1, -0.05) is 6.42 Å². The van der Waals surface area contributed by atoms with Crippen molar-refractivity contribution in [2.45, 2.75) is 63.5 Å². The lowest BCUT2D eigenvalue weighted by atomic mass is 10.1. The van der Waals surface area contributed by atoms with Gasteiger partial charge in [0.05, 0.1) is 0 Å². The van der Waals surface area contributed by atoms with Crippen LogP contribution < -0.4 is 0 Å². The third kappa shape index (κ3) is 4.65. The zero-order valence-corrected chi connectivity index (χ0v) is 16.4. The number of carbonyl (C=O) groups is 5. The van der Waals surface area contributed by atoms with Gasteiger partial charge in [0, 0.05) is 38.2 Å². The van der Waals surface area contributed by atoms with Crippen LogP contribution in [0, 0.1) is 0 Å². The van der Waals surface area contributed by atoms with Gasteiger partial charge in [0.2, 0.25) is 11.8 Å². The van der Waals surface area contributed by atoms with Crippen molar-refractivity contribution in [1.29, 1.82) is 0 Å². The van der Waals surface area contributed by atoms with Gasteiger partial charge < -0.3 is 14.9 Å². The Balaban J connectivity index is 1.44. The van der Waals surface area contributed by atoms with Crippen LogP contribution in [0.4, 0.5) is 0 Å². The minimum atomic E-state index is -0.989. The maximum atomic E-state index is 12.9. The van der Waals surface area contributed by atoms with Crippen LogP contribution in [0.3, 0.4) is 0 Å². The molecule has 0 aromatic rings. The van der Waals surface area contributed by atoms with E-state index in [0.29, 0.717) is 64.6 Å². The van der Waals surface area contributed by atoms with Crippen LogP contribution in [-0.2, 0) is 24.0 Å². The van der Waals surface area contributed by atoms with E-state index in [4.69, 9.17) is 0 Å². The van der Waals surface area contributed by atoms with Crippen molar-refractivity contribution in [2.75, 3.05) is 19.6 Å². The van der Waals surface area contributed by atoms with E-state index in [-0.39, 0.29) is 23.6 Å². The Morgan fingerprint density at radius 3 is 2.17 bits per heavy atom. The molecule has 0 aromatic heterocycles. The molecule has 1 N–H and O–H groups in total. The molecule has 3 rings (SSSR count). The van der Waals surface area contributed by atoms with Crippen molar-refractivity contribution in [3.05, 3.63) is 12.2 Å². The van der Waals surface area contributed by atoms with Gasteiger partial charge in [-0.3, -0.25) is 24.1 Å². The number of carboxylic acids is 1. The summed E-state index contributed by atoms with van der Waals surface area (Å²) >= 11 is 0. The highest BCUT2D eigenvalue weighted by Gasteiger charge is 2.41. The molecule has 9 heteroatoms. The first-order valence-corrected chi connectivity index (χ1v) is 10.3. The summed E-state index contributed by atoms with van der Waals surface area (Å²) in [6.45, 7) is 1.29. The fourth-order valence-electron chi connectivity index (χ4n) is 4.32. The zero-order valence-electron chi connectivity index (χ0n) is 16.4. The number of likely N-dealkylation sites (tertiary alicyclic amines) is 2. The summed E-state index contributed by atoms with van der Waals surface area (Å²) in [7, 11) is 0. The lowest BCUT2D eigenvalue weighted by molar-refractivity contribution is -0.151. The summed E-state index contributed by atoms with van der Waals surface area (Å²) in [4.78, 5) is 64.0. The number of carbonyl (C=O) groups excluding carboxylic acids is 4. The Hall–Kier alpha value is -2.71. The molecule has 0 aliphatic carbocycles. The first-order chi connectivity index (χ1) is 13.9. The van der Waals surface area contributed by atoms with E-state index in [0.717, 1.165) is 6.42 Å². The number of hydrogen-bond donors (Lipinski definition) is 1. The van der Waals surface area contributed by atoms with Gasteiger partial charge in [0.25, 0.3) is 11.8 Å². The highest BCUT2D eigenvalue weighted by Crippen LogP contribution is 2.25. The molecule has 158 valence electrons. The Bertz CT molecular complexity index is 716. The fraction of sp³-hybridized carbons (Fsp3) is 0.650. The summed E-state index contributed by atoms with van der Waals surface area (Å²) in [5.74, 6) is -1.93. The van der Waals surface area contributed by atoms with Gasteiger partial charge in [-0.25, -0.2) is 4.79 Å². The number of aliphatic carboxylic acids is 1. The van der Waals surface area contributed by atoms with E-state index < -0.39 is 18.1 Å². The molecule has 0 radical (unpaired) electrons. The molecule has 3 heterocycles. The van der Waals surface area contributed by atoms with E-state index in [2.05, 4.69) is 0 Å². The zero-order chi connectivity index (χ0) is 21.0. The SMILES string of the molecule is O=C(O)C1CCCN1C(=O)[C@@H]1CCCN1C(=O)CCCCCN1C(=O)C=CC1=O. The average molecular weight is 405 g/mol. The predicted molar refractivity (Wildman–Crippen MR) is 101 cm³/mol. The van der Waals surface area contributed by atoms with E-state index in [9.17, 15) is 29.1 Å². The molecule has 0 spiro atoms.